The summed E-state index contributed by atoms with van der Waals surface area (Å²) in [5.41, 5.74) is -1.77. The van der Waals surface area contributed by atoms with Crippen LogP contribution in [0.25, 0.3) is 10.2 Å². The molecule has 0 saturated carbocycles. The molecule has 4 rings (SSSR count). The van der Waals surface area contributed by atoms with E-state index in [4.69, 9.17) is 11.6 Å². The van der Waals surface area contributed by atoms with Crippen molar-refractivity contribution >= 4 is 44.3 Å². The number of likely N-dealkylation sites (tertiary alicyclic amines) is 1. The Hall–Kier alpha value is -2.46. The third-order valence-electron chi connectivity index (χ3n) is 5.06. The van der Waals surface area contributed by atoms with Crippen molar-refractivity contribution in [2.45, 2.75) is 24.4 Å². The Morgan fingerprint density at radius 2 is 1.86 bits per heavy atom. The number of hydrogen-bond acceptors (Lipinski definition) is 5. The first kappa shape index (κ1) is 19.8. The number of para-hydroxylation sites is 1. The number of anilines is 1. The van der Waals surface area contributed by atoms with Crippen LogP contribution in [0.4, 0.5) is 23.1 Å². The number of halogens is 4. The van der Waals surface area contributed by atoms with Crippen molar-refractivity contribution in [1.82, 2.24) is 19.9 Å². The third-order valence-corrected chi connectivity index (χ3v) is 6.29. The second-order valence-corrected chi connectivity index (χ2v) is 8.07. The molecule has 1 saturated heterocycles. The molecule has 3 aromatic rings. The number of urea groups is 1. The van der Waals surface area contributed by atoms with E-state index in [1.54, 1.807) is 0 Å². The molecule has 11 heteroatoms. The lowest BCUT2D eigenvalue weighted by molar-refractivity contribution is -0.202. The number of alkyl halides is 3. The number of carbonyl (C=O) groups is 1. The van der Waals surface area contributed by atoms with Gasteiger partial charge in [0.2, 0.25) is 0 Å². The molecular formula is C18H15ClF3N5OS. The Morgan fingerprint density at radius 3 is 2.52 bits per heavy atom. The molecule has 0 aliphatic carbocycles. The monoisotopic (exact) mass is 441 g/mol. The van der Waals surface area contributed by atoms with Gasteiger partial charge in [0.15, 0.2) is 10.3 Å². The fourth-order valence-electron chi connectivity index (χ4n) is 3.48. The zero-order valence-electron chi connectivity index (χ0n) is 14.9. The Kier molecular flexibility index (Phi) is 5.07. The van der Waals surface area contributed by atoms with Crippen molar-refractivity contribution in [2.75, 3.05) is 18.4 Å². The van der Waals surface area contributed by atoms with E-state index >= 15 is 0 Å². The highest BCUT2D eigenvalue weighted by Gasteiger charge is 2.59. The first-order valence-electron chi connectivity index (χ1n) is 8.75. The van der Waals surface area contributed by atoms with Crippen LogP contribution < -0.4 is 5.32 Å². The molecule has 152 valence electrons. The van der Waals surface area contributed by atoms with Crippen LogP contribution in [0.5, 0.6) is 0 Å². The van der Waals surface area contributed by atoms with Gasteiger partial charge in [-0.2, -0.15) is 13.2 Å². The van der Waals surface area contributed by atoms with Gasteiger partial charge in [-0.25, -0.2) is 14.8 Å². The topological polar surface area (TPSA) is 71.0 Å². The highest BCUT2D eigenvalue weighted by molar-refractivity contribution is 7.22. The van der Waals surface area contributed by atoms with Crippen molar-refractivity contribution < 1.29 is 18.0 Å². The maximum atomic E-state index is 14.0. The van der Waals surface area contributed by atoms with Crippen molar-refractivity contribution in [3.05, 3.63) is 47.5 Å². The van der Waals surface area contributed by atoms with Gasteiger partial charge in [0.1, 0.15) is 5.41 Å². The lowest BCUT2D eigenvalue weighted by Crippen LogP contribution is -2.53. The number of rotatable bonds is 2. The quantitative estimate of drug-likeness (QED) is 0.616. The van der Waals surface area contributed by atoms with Gasteiger partial charge in [-0.3, -0.25) is 10.3 Å². The van der Waals surface area contributed by atoms with Gasteiger partial charge in [0.25, 0.3) is 0 Å². The van der Waals surface area contributed by atoms with E-state index in [0.29, 0.717) is 5.13 Å². The van der Waals surface area contributed by atoms with E-state index in [2.05, 4.69) is 20.3 Å². The van der Waals surface area contributed by atoms with Gasteiger partial charge in [0, 0.05) is 25.5 Å². The predicted molar refractivity (Wildman–Crippen MR) is 104 cm³/mol. The Morgan fingerprint density at radius 1 is 1.17 bits per heavy atom. The first-order valence-corrected chi connectivity index (χ1v) is 9.95. The van der Waals surface area contributed by atoms with Crippen molar-refractivity contribution in [1.29, 1.82) is 0 Å². The SMILES string of the molecule is O=C(Nc1nc2ccccc2s1)N1CCC(c2nccnc2Cl)(C(F)(F)F)CC1. The van der Waals surface area contributed by atoms with Crippen LogP contribution in [0.2, 0.25) is 5.15 Å². The highest BCUT2D eigenvalue weighted by atomic mass is 35.5. The molecule has 2 aromatic heterocycles. The van der Waals surface area contributed by atoms with Crippen LogP contribution in [-0.2, 0) is 5.41 Å². The maximum Gasteiger partial charge on any atom is 0.400 e. The van der Waals surface area contributed by atoms with Gasteiger partial charge in [-0.15, -0.1) is 0 Å². The van der Waals surface area contributed by atoms with Crippen LogP contribution in [0, 0.1) is 0 Å². The number of nitrogens with zero attached hydrogens (tertiary/aromatic N) is 4. The van der Waals surface area contributed by atoms with Crippen LogP contribution >= 0.6 is 22.9 Å². The zero-order valence-corrected chi connectivity index (χ0v) is 16.5. The number of fused-ring (bicyclic) bond motifs is 1. The number of benzene rings is 1. The Labute approximate surface area is 172 Å². The molecule has 1 aliphatic heterocycles. The summed E-state index contributed by atoms with van der Waals surface area (Å²) >= 11 is 7.23. The molecule has 1 fully saturated rings. The van der Waals surface area contributed by atoms with Gasteiger partial charge >= 0.3 is 12.2 Å². The van der Waals surface area contributed by atoms with Gasteiger partial charge in [-0.05, 0) is 25.0 Å². The summed E-state index contributed by atoms with van der Waals surface area (Å²) in [5.74, 6) is 0. The molecule has 1 aromatic carbocycles. The van der Waals surface area contributed by atoms with Crippen LogP contribution in [0.1, 0.15) is 18.5 Å². The molecule has 1 aliphatic rings. The summed E-state index contributed by atoms with van der Waals surface area (Å²) in [6, 6.07) is 6.93. The second-order valence-electron chi connectivity index (χ2n) is 6.68. The normalized spacial score (nSPS) is 16.8. The number of hydrogen-bond donors (Lipinski definition) is 1. The predicted octanol–water partition coefficient (Wildman–Crippen LogP) is 4.87. The fraction of sp³-hybridized carbons (Fsp3) is 0.333. The summed E-state index contributed by atoms with van der Waals surface area (Å²) in [7, 11) is 0. The smallest absolute Gasteiger partial charge is 0.324 e. The molecule has 0 atom stereocenters. The Balaban J connectivity index is 1.51. The minimum atomic E-state index is -4.57. The molecule has 0 radical (unpaired) electrons. The molecule has 3 heterocycles. The molecule has 0 unspecified atom stereocenters. The average molecular weight is 442 g/mol. The number of amides is 2. The summed E-state index contributed by atoms with van der Waals surface area (Å²) in [6.45, 7) is -0.188. The van der Waals surface area contributed by atoms with Crippen molar-refractivity contribution in [3.8, 4) is 0 Å². The van der Waals surface area contributed by atoms with Crippen molar-refractivity contribution in [2.24, 2.45) is 0 Å². The van der Waals surface area contributed by atoms with Crippen LogP contribution in [0.15, 0.2) is 36.7 Å². The van der Waals surface area contributed by atoms with E-state index in [1.165, 1.54) is 28.6 Å². The summed E-state index contributed by atoms with van der Waals surface area (Å²) in [6.07, 6.45) is -2.82. The zero-order chi connectivity index (χ0) is 20.6. The molecule has 1 N–H and O–H groups in total. The first-order chi connectivity index (χ1) is 13.8. The van der Waals surface area contributed by atoms with Crippen LogP contribution in [0.3, 0.4) is 0 Å². The van der Waals surface area contributed by atoms with Gasteiger partial charge in [-0.1, -0.05) is 35.1 Å². The lowest BCUT2D eigenvalue weighted by Gasteiger charge is -2.42. The van der Waals surface area contributed by atoms with E-state index < -0.39 is 17.6 Å². The number of aromatic nitrogens is 3. The van der Waals surface area contributed by atoms with Gasteiger partial charge < -0.3 is 4.90 Å². The number of nitrogens with one attached hydrogen (secondary N) is 1. The summed E-state index contributed by atoms with van der Waals surface area (Å²) in [4.78, 5) is 25.8. The fourth-order valence-corrected chi connectivity index (χ4v) is 4.63. The lowest BCUT2D eigenvalue weighted by atomic mass is 9.75. The average Bonchev–Trinajstić information content (AvgIpc) is 3.10. The van der Waals surface area contributed by atoms with Gasteiger partial charge in [0.05, 0.1) is 15.9 Å². The molecule has 2 amide bonds. The highest BCUT2D eigenvalue weighted by Crippen LogP contribution is 2.49. The number of thiazole rings is 1. The van der Waals surface area contributed by atoms with Crippen molar-refractivity contribution in [3.63, 3.8) is 0 Å². The summed E-state index contributed by atoms with van der Waals surface area (Å²) in [5, 5.41) is 2.81. The number of carbonyl (C=O) groups excluding carboxylic acids is 1. The minimum Gasteiger partial charge on any atom is -0.324 e. The Bertz CT molecular complexity index is 1020. The molecule has 0 bridgehead atoms. The summed E-state index contributed by atoms with van der Waals surface area (Å²) < 4.78 is 42.9. The second kappa shape index (κ2) is 7.42. The van der Waals surface area contributed by atoms with E-state index in [9.17, 15) is 18.0 Å². The van der Waals surface area contributed by atoms with E-state index in [0.717, 1.165) is 10.2 Å². The largest absolute Gasteiger partial charge is 0.400 e. The van der Waals surface area contributed by atoms with E-state index in [-0.39, 0.29) is 36.8 Å². The minimum absolute atomic E-state index is 0.0941. The van der Waals surface area contributed by atoms with Crippen LogP contribution in [-0.4, -0.2) is 45.1 Å². The standard InChI is InChI=1S/C18H15ClF3N5OS/c19-14-13(23-7-8-24-14)17(18(20,21)22)5-9-27(10-6-17)16(28)26-15-25-11-3-1-2-4-12(11)29-15/h1-4,7-8H,5-6,9-10H2,(H,25,26,28). The molecule has 0 spiro atoms. The third kappa shape index (κ3) is 3.62. The molecular weight excluding hydrogens is 427 g/mol. The van der Waals surface area contributed by atoms with E-state index in [1.807, 2.05) is 24.3 Å². The maximum absolute atomic E-state index is 14.0. The number of piperidine rings is 1. The molecule has 29 heavy (non-hydrogen) atoms. The molecule has 6 nitrogen and oxygen atoms in total.